The van der Waals surface area contributed by atoms with Crippen LogP contribution in [0.15, 0.2) is 12.1 Å². The summed E-state index contributed by atoms with van der Waals surface area (Å²) in [6.45, 7) is 2.26. The Morgan fingerprint density at radius 2 is 1.67 bits per heavy atom. The van der Waals surface area contributed by atoms with Gasteiger partial charge in [-0.3, -0.25) is 0 Å². The Morgan fingerprint density at radius 1 is 1.00 bits per heavy atom. The molecule has 0 radical (unpaired) electrons. The Kier molecular flexibility index (Phi) is 4.31. The summed E-state index contributed by atoms with van der Waals surface area (Å²) in [7, 11) is 0. The third kappa shape index (κ3) is 3.06. The number of aryl methyl sites for hydroxylation is 1. The van der Waals surface area contributed by atoms with Gasteiger partial charge in [-0.05, 0) is 36.3 Å². The van der Waals surface area contributed by atoms with Crippen molar-refractivity contribution in [3.63, 3.8) is 0 Å². The van der Waals surface area contributed by atoms with Gasteiger partial charge in [-0.2, -0.15) is 0 Å². The maximum absolute atomic E-state index is 13.5. The van der Waals surface area contributed by atoms with Crippen molar-refractivity contribution in [2.75, 3.05) is 0 Å². The molecular weight excluding hydrogens is 237 g/mol. The van der Waals surface area contributed by atoms with Crippen LogP contribution in [0.3, 0.4) is 0 Å². The molecule has 2 rings (SSSR count). The second-order valence-corrected chi connectivity index (χ2v) is 5.50. The van der Waals surface area contributed by atoms with Gasteiger partial charge < -0.3 is 0 Å². The van der Waals surface area contributed by atoms with Crippen molar-refractivity contribution in [1.82, 2.24) is 0 Å². The molecule has 18 heavy (non-hydrogen) atoms. The number of benzene rings is 1. The number of hydrogen-bond donors (Lipinski definition) is 0. The fourth-order valence-corrected chi connectivity index (χ4v) is 2.74. The quantitative estimate of drug-likeness (QED) is 0.677. The lowest BCUT2D eigenvalue weighted by Gasteiger charge is -2.26. The van der Waals surface area contributed by atoms with E-state index in [0.29, 0.717) is 17.9 Å². The van der Waals surface area contributed by atoms with E-state index < -0.39 is 17.5 Å². The molecule has 0 amide bonds. The monoisotopic (exact) mass is 256 g/mol. The molecule has 0 nitrogen and oxygen atoms in total. The van der Waals surface area contributed by atoms with Crippen molar-refractivity contribution >= 4 is 0 Å². The Morgan fingerprint density at radius 3 is 2.33 bits per heavy atom. The molecule has 3 heteroatoms. The molecule has 1 fully saturated rings. The van der Waals surface area contributed by atoms with Gasteiger partial charge in [0, 0.05) is 0 Å². The third-order valence-corrected chi connectivity index (χ3v) is 4.07. The zero-order chi connectivity index (χ0) is 13.1. The lowest BCUT2D eigenvalue weighted by molar-refractivity contribution is 0.277. The van der Waals surface area contributed by atoms with Crippen LogP contribution in [-0.4, -0.2) is 0 Å². The molecular formula is C15H19F3. The predicted molar refractivity (Wildman–Crippen MR) is 65.8 cm³/mol. The van der Waals surface area contributed by atoms with Crippen LogP contribution < -0.4 is 0 Å². The molecule has 0 aliphatic heterocycles. The molecule has 0 bridgehead atoms. The average molecular weight is 256 g/mol. The SMILES string of the molecule is CC1CCC(CCc2ccc(F)c(F)c2F)CC1. The molecule has 0 N–H and O–H groups in total. The van der Waals surface area contributed by atoms with Gasteiger partial charge in [-0.25, -0.2) is 13.2 Å². The first-order chi connectivity index (χ1) is 8.58. The lowest BCUT2D eigenvalue weighted by Crippen LogP contribution is -2.13. The summed E-state index contributed by atoms with van der Waals surface area (Å²) in [5.41, 5.74) is 0.299. The topological polar surface area (TPSA) is 0 Å². The normalized spacial score (nSPS) is 24.2. The molecule has 1 aromatic rings. The first kappa shape index (κ1) is 13.4. The molecule has 0 spiro atoms. The van der Waals surface area contributed by atoms with E-state index in [-0.39, 0.29) is 0 Å². The van der Waals surface area contributed by atoms with Crippen LogP contribution in [0.25, 0.3) is 0 Å². The molecule has 1 aliphatic carbocycles. The standard InChI is InChI=1S/C15H19F3/c1-10-2-4-11(5-3-10)6-7-12-8-9-13(16)15(18)14(12)17/h8-11H,2-7H2,1H3. The van der Waals surface area contributed by atoms with E-state index in [1.807, 2.05) is 0 Å². The van der Waals surface area contributed by atoms with E-state index in [0.717, 1.165) is 18.4 Å². The highest BCUT2D eigenvalue weighted by molar-refractivity contribution is 5.20. The zero-order valence-corrected chi connectivity index (χ0v) is 10.7. The van der Waals surface area contributed by atoms with E-state index in [9.17, 15) is 13.2 Å². The second kappa shape index (κ2) is 5.77. The van der Waals surface area contributed by atoms with Crippen molar-refractivity contribution in [3.8, 4) is 0 Å². The van der Waals surface area contributed by atoms with Gasteiger partial charge in [0.05, 0.1) is 0 Å². The average Bonchev–Trinajstić information content (AvgIpc) is 2.37. The van der Waals surface area contributed by atoms with Gasteiger partial charge in [-0.1, -0.05) is 38.7 Å². The molecule has 0 saturated heterocycles. The zero-order valence-electron chi connectivity index (χ0n) is 10.7. The Balaban J connectivity index is 1.92. The second-order valence-electron chi connectivity index (χ2n) is 5.50. The summed E-state index contributed by atoms with van der Waals surface area (Å²) >= 11 is 0. The lowest BCUT2D eigenvalue weighted by atomic mass is 9.80. The summed E-state index contributed by atoms with van der Waals surface area (Å²) in [6, 6.07) is 2.37. The maximum atomic E-state index is 13.5. The van der Waals surface area contributed by atoms with E-state index in [2.05, 4.69) is 6.92 Å². The van der Waals surface area contributed by atoms with Crippen LogP contribution in [0.2, 0.25) is 0 Å². The van der Waals surface area contributed by atoms with Crippen LogP contribution in [0.1, 0.15) is 44.6 Å². The first-order valence-corrected chi connectivity index (χ1v) is 6.70. The summed E-state index contributed by atoms with van der Waals surface area (Å²) in [5, 5.41) is 0. The van der Waals surface area contributed by atoms with Gasteiger partial charge in [0.1, 0.15) is 0 Å². The van der Waals surface area contributed by atoms with Crippen LogP contribution >= 0.6 is 0 Å². The molecule has 0 atom stereocenters. The molecule has 0 heterocycles. The largest absolute Gasteiger partial charge is 0.204 e. The number of halogens is 3. The highest BCUT2D eigenvalue weighted by atomic mass is 19.2. The summed E-state index contributed by atoms with van der Waals surface area (Å²) in [4.78, 5) is 0. The summed E-state index contributed by atoms with van der Waals surface area (Å²) < 4.78 is 39.3. The van der Waals surface area contributed by atoms with Gasteiger partial charge in [0.15, 0.2) is 17.5 Å². The minimum absolute atomic E-state index is 0.299. The first-order valence-electron chi connectivity index (χ1n) is 6.70. The van der Waals surface area contributed by atoms with Crippen LogP contribution in [0.4, 0.5) is 13.2 Å². The highest BCUT2D eigenvalue weighted by Crippen LogP contribution is 2.31. The van der Waals surface area contributed by atoms with Gasteiger partial charge in [-0.15, -0.1) is 0 Å². The Labute approximate surface area is 106 Å². The minimum Gasteiger partial charge on any atom is -0.204 e. The van der Waals surface area contributed by atoms with Crippen LogP contribution in [0, 0.1) is 29.3 Å². The van der Waals surface area contributed by atoms with Gasteiger partial charge in [0.25, 0.3) is 0 Å². The van der Waals surface area contributed by atoms with Crippen molar-refractivity contribution in [3.05, 3.63) is 35.1 Å². The van der Waals surface area contributed by atoms with Gasteiger partial charge in [0.2, 0.25) is 0 Å². The molecule has 0 aromatic heterocycles. The van der Waals surface area contributed by atoms with Gasteiger partial charge >= 0.3 is 0 Å². The van der Waals surface area contributed by atoms with E-state index >= 15 is 0 Å². The summed E-state index contributed by atoms with van der Waals surface area (Å²) in [5.74, 6) is -2.07. The third-order valence-electron chi connectivity index (χ3n) is 4.07. The fraction of sp³-hybridized carbons (Fsp3) is 0.600. The van der Waals surface area contributed by atoms with Crippen LogP contribution in [-0.2, 0) is 6.42 Å². The smallest absolute Gasteiger partial charge is 0.194 e. The van der Waals surface area contributed by atoms with Crippen molar-refractivity contribution < 1.29 is 13.2 Å². The molecule has 100 valence electrons. The molecule has 0 unspecified atom stereocenters. The van der Waals surface area contributed by atoms with E-state index in [1.54, 1.807) is 0 Å². The minimum atomic E-state index is -1.34. The number of hydrogen-bond acceptors (Lipinski definition) is 0. The van der Waals surface area contributed by atoms with Crippen molar-refractivity contribution in [1.29, 1.82) is 0 Å². The maximum Gasteiger partial charge on any atom is 0.194 e. The fourth-order valence-electron chi connectivity index (χ4n) is 2.74. The Hall–Kier alpha value is -0.990. The van der Waals surface area contributed by atoms with E-state index in [4.69, 9.17) is 0 Å². The molecule has 1 saturated carbocycles. The van der Waals surface area contributed by atoms with Crippen molar-refractivity contribution in [2.24, 2.45) is 11.8 Å². The molecule has 1 aliphatic rings. The van der Waals surface area contributed by atoms with Crippen molar-refractivity contribution in [2.45, 2.75) is 45.4 Å². The predicted octanol–water partition coefficient (Wildman–Crippen LogP) is 4.86. The van der Waals surface area contributed by atoms with E-state index in [1.165, 1.54) is 31.7 Å². The Bertz CT molecular complexity index is 406. The number of rotatable bonds is 3. The highest BCUT2D eigenvalue weighted by Gasteiger charge is 2.19. The molecule has 1 aromatic carbocycles. The summed E-state index contributed by atoms with van der Waals surface area (Å²) in [6.07, 6.45) is 6.17. The van der Waals surface area contributed by atoms with Crippen LogP contribution in [0.5, 0.6) is 0 Å².